The summed E-state index contributed by atoms with van der Waals surface area (Å²) in [5.41, 5.74) is 5.86. The van der Waals surface area contributed by atoms with Gasteiger partial charge >= 0.3 is 0 Å². The van der Waals surface area contributed by atoms with Crippen molar-refractivity contribution in [3.05, 3.63) is 11.8 Å². The molecular formula is C13H21N5O2. The van der Waals surface area contributed by atoms with E-state index in [4.69, 9.17) is 5.73 Å². The highest BCUT2D eigenvalue weighted by Crippen LogP contribution is 2.19. The first-order chi connectivity index (χ1) is 9.54. The molecule has 0 unspecified atom stereocenters. The van der Waals surface area contributed by atoms with E-state index in [2.05, 4.69) is 17.1 Å². The number of likely N-dealkylation sites (N-methyl/N-ethyl adjacent to an activating group) is 1. The first-order valence-corrected chi connectivity index (χ1v) is 6.91. The molecule has 2 heterocycles. The van der Waals surface area contributed by atoms with Crippen LogP contribution in [-0.2, 0) is 4.79 Å². The number of nitrogen functional groups attached to an aromatic ring is 1. The third kappa shape index (κ3) is 2.76. The quantitative estimate of drug-likeness (QED) is 0.837. The zero-order valence-electron chi connectivity index (χ0n) is 11.9. The van der Waals surface area contributed by atoms with E-state index in [0.717, 1.165) is 12.8 Å². The van der Waals surface area contributed by atoms with Gasteiger partial charge in [-0.1, -0.05) is 19.8 Å². The number of unbranched alkanes of at least 4 members (excludes halogenated alkanes) is 1. The summed E-state index contributed by atoms with van der Waals surface area (Å²) in [7, 11) is 1.78. The van der Waals surface area contributed by atoms with Gasteiger partial charge in [-0.15, -0.1) is 0 Å². The zero-order valence-corrected chi connectivity index (χ0v) is 11.9. The van der Waals surface area contributed by atoms with Gasteiger partial charge in [-0.25, -0.2) is 0 Å². The number of nitrogens with one attached hydrogen (secondary N) is 1. The van der Waals surface area contributed by atoms with Crippen LogP contribution in [0.2, 0.25) is 0 Å². The molecule has 1 saturated heterocycles. The zero-order chi connectivity index (χ0) is 14.7. The lowest BCUT2D eigenvalue weighted by Crippen LogP contribution is -2.57. The summed E-state index contributed by atoms with van der Waals surface area (Å²) in [6.07, 6.45) is 2.60. The van der Waals surface area contributed by atoms with E-state index in [1.165, 1.54) is 6.07 Å². The van der Waals surface area contributed by atoms with Crippen LogP contribution in [0.5, 0.6) is 0 Å². The van der Waals surface area contributed by atoms with E-state index < -0.39 is 0 Å². The molecule has 110 valence electrons. The van der Waals surface area contributed by atoms with Gasteiger partial charge in [0.15, 0.2) is 0 Å². The van der Waals surface area contributed by atoms with Gasteiger partial charge in [-0.2, -0.15) is 5.10 Å². The van der Waals surface area contributed by atoms with Crippen molar-refractivity contribution in [1.29, 1.82) is 0 Å². The van der Waals surface area contributed by atoms with Crippen LogP contribution in [-0.4, -0.2) is 58.0 Å². The largest absolute Gasteiger partial charge is 0.382 e. The van der Waals surface area contributed by atoms with Gasteiger partial charge in [0.2, 0.25) is 5.91 Å². The van der Waals surface area contributed by atoms with E-state index in [-0.39, 0.29) is 23.7 Å². The monoisotopic (exact) mass is 279 g/mol. The number of hydrogen-bond acceptors (Lipinski definition) is 4. The van der Waals surface area contributed by atoms with Crippen molar-refractivity contribution < 1.29 is 9.59 Å². The Balaban J connectivity index is 2.18. The minimum Gasteiger partial charge on any atom is -0.382 e. The Morgan fingerprint density at radius 2 is 2.30 bits per heavy atom. The van der Waals surface area contributed by atoms with Crippen LogP contribution in [0.1, 0.15) is 36.7 Å². The highest BCUT2D eigenvalue weighted by atomic mass is 16.2. The van der Waals surface area contributed by atoms with Gasteiger partial charge in [0.05, 0.1) is 0 Å². The third-order valence-corrected chi connectivity index (χ3v) is 3.63. The van der Waals surface area contributed by atoms with Crippen molar-refractivity contribution in [1.82, 2.24) is 20.0 Å². The second kappa shape index (κ2) is 5.94. The SMILES string of the molecule is CCCC[C@H]1C(=O)N(C)CCN1C(=O)c1cc(N)n[nH]1. The number of rotatable bonds is 4. The van der Waals surface area contributed by atoms with Crippen LogP contribution >= 0.6 is 0 Å². The van der Waals surface area contributed by atoms with Crippen molar-refractivity contribution in [2.24, 2.45) is 0 Å². The van der Waals surface area contributed by atoms with Crippen LogP contribution in [0.4, 0.5) is 5.82 Å². The summed E-state index contributed by atoms with van der Waals surface area (Å²) in [5.74, 6) is 0.0706. The Labute approximate surface area is 118 Å². The van der Waals surface area contributed by atoms with Crippen molar-refractivity contribution in [3.8, 4) is 0 Å². The summed E-state index contributed by atoms with van der Waals surface area (Å²) in [4.78, 5) is 28.0. The molecule has 7 nitrogen and oxygen atoms in total. The Kier molecular flexibility index (Phi) is 4.26. The number of aromatic amines is 1. The molecule has 1 aliphatic heterocycles. The Bertz CT molecular complexity index is 499. The van der Waals surface area contributed by atoms with Gasteiger partial charge in [0.1, 0.15) is 17.6 Å². The molecule has 1 aromatic rings. The standard InChI is InChI=1S/C13H21N5O2/c1-3-4-5-10-13(20)17(2)6-7-18(10)12(19)9-8-11(14)16-15-9/h8,10H,3-7H2,1-2H3,(H3,14,15,16)/t10-/m0/s1. The van der Waals surface area contributed by atoms with Crippen LogP contribution in [0.15, 0.2) is 6.07 Å². The molecule has 0 aromatic carbocycles. The molecule has 1 aliphatic rings. The molecule has 0 radical (unpaired) electrons. The van der Waals surface area contributed by atoms with Crippen molar-refractivity contribution in [2.45, 2.75) is 32.2 Å². The maximum Gasteiger partial charge on any atom is 0.272 e. The number of piperazine rings is 1. The maximum absolute atomic E-state index is 12.5. The van der Waals surface area contributed by atoms with E-state index in [1.807, 2.05) is 0 Å². The topological polar surface area (TPSA) is 95.3 Å². The van der Waals surface area contributed by atoms with E-state index in [1.54, 1.807) is 16.8 Å². The van der Waals surface area contributed by atoms with Crippen molar-refractivity contribution in [2.75, 3.05) is 25.9 Å². The Hall–Kier alpha value is -2.05. The van der Waals surface area contributed by atoms with E-state index in [9.17, 15) is 9.59 Å². The minimum absolute atomic E-state index is 0.00513. The predicted molar refractivity (Wildman–Crippen MR) is 75.0 cm³/mol. The number of H-pyrrole nitrogens is 1. The van der Waals surface area contributed by atoms with Crippen LogP contribution < -0.4 is 5.73 Å². The molecule has 1 atom stereocenters. The normalized spacial score (nSPS) is 19.5. The van der Waals surface area contributed by atoms with Gasteiger partial charge < -0.3 is 15.5 Å². The molecule has 1 fully saturated rings. The second-order valence-electron chi connectivity index (χ2n) is 5.12. The molecule has 7 heteroatoms. The van der Waals surface area contributed by atoms with Crippen LogP contribution in [0.3, 0.4) is 0 Å². The Morgan fingerprint density at radius 3 is 2.90 bits per heavy atom. The molecule has 3 N–H and O–H groups in total. The lowest BCUT2D eigenvalue weighted by molar-refractivity contribution is -0.138. The average Bonchev–Trinajstić information content (AvgIpc) is 2.86. The number of hydrogen-bond donors (Lipinski definition) is 2. The number of nitrogens with zero attached hydrogens (tertiary/aromatic N) is 3. The lowest BCUT2D eigenvalue weighted by Gasteiger charge is -2.39. The summed E-state index contributed by atoms with van der Waals surface area (Å²) in [6, 6.07) is 1.12. The number of anilines is 1. The number of aromatic nitrogens is 2. The fraction of sp³-hybridized carbons (Fsp3) is 0.615. The molecule has 20 heavy (non-hydrogen) atoms. The first-order valence-electron chi connectivity index (χ1n) is 6.91. The molecule has 1 aromatic heterocycles. The average molecular weight is 279 g/mol. The molecule has 2 rings (SSSR count). The summed E-state index contributed by atoms with van der Waals surface area (Å²) in [6.45, 7) is 3.16. The third-order valence-electron chi connectivity index (χ3n) is 3.63. The number of nitrogens with two attached hydrogens (primary N) is 1. The number of amides is 2. The molecule has 0 aliphatic carbocycles. The summed E-state index contributed by atoms with van der Waals surface area (Å²) >= 11 is 0. The predicted octanol–water partition coefficient (Wildman–Crippen LogP) is 0.465. The molecule has 0 saturated carbocycles. The highest BCUT2D eigenvalue weighted by Gasteiger charge is 2.36. The first kappa shape index (κ1) is 14.4. The van der Waals surface area contributed by atoms with Crippen LogP contribution in [0, 0.1) is 0 Å². The summed E-state index contributed by atoms with van der Waals surface area (Å²) < 4.78 is 0. The highest BCUT2D eigenvalue weighted by molar-refractivity contribution is 5.97. The molecular weight excluding hydrogens is 258 g/mol. The summed E-state index contributed by atoms with van der Waals surface area (Å²) in [5, 5.41) is 6.38. The fourth-order valence-electron chi connectivity index (χ4n) is 2.43. The number of carbonyl (C=O) groups excluding carboxylic acids is 2. The number of carbonyl (C=O) groups is 2. The van der Waals surface area contributed by atoms with Crippen molar-refractivity contribution >= 4 is 17.6 Å². The molecule has 2 amide bonds. The van der Waals surface area contributed by atoms with Crippen molar-refractivity contribution in [3.63, 3.8) is 0 Å². The van der Waals surface area contributed by atoms with Gasteiger partial charge in [-0.3, -0.25) is 14.7 Å². The minimum atomic E-state index is -0.384. The van der Waals surface area contributed by atoms with Gasteiger partial charge in [-0.05, 0) is 6.42 Å². The lowest BCUT2D eigenvalue weighted by atomic mass is 10.0. The molecule has 0 spiro atoms. The molecule has 0 bridgehead atoms. The van der Waals surface area contributed by atoms with E-state index in [0.29, 0.717) is 25.2 Å². The van der Waals surface area contributed by atoms with E-state index >= 15 is 0 Å². The van der Waals surface area contributed by atoms with Crippen LogP contribution in [0.25, 0.3) is 0 Å². The second-order valence-corrected chi connectivity index (χ2v) is 5.12. The maximum atomic E-state index is 12.5. The van der Waals surface area contributed by atoms with Gasteiger partial charge in [0.25, 0.3) is 5.91 Å². The fourth-order valence-corrected chi connectivity index (χ4v) is 2.43. The smallest absolute Gasteiger partial charge is 0.272 e. The van der Waals surface area contributed by atoms with Gasteiger partial charge in [0, 0.05) is 26.2 Å². The Morgan fingerprint density at radius 1 is 1.55 bits per heavy atom.